The largest absolute Gasteiger partial charge is 0.448 e. The molecule has 3 aliphatic rings. The zero-order valence-corrected chi connectivity index (χ0v) is 15.5. The molecule has 2 amide bonds. The van der Waals surface area contributed by atoms with Crippen molar-refractivity contribution in [2.24, 2.45) is 0 Å². The van der Waals surface area contributed by atoms with E-state index >= 15 is 0 Å². The first-order chi connectivity index (χ1) is 12.7. The van der Waals surface area contributed by atoms with Crippen molar-refractivity contribution >= 4 is 11.7 Å². The van der Waals surface area contributed by atoms with Gasteiger partial charge in [0, 0.05) is 44.3 Å². The number of anilines is 1. The Morgan fingerprint density at radius 1 is 1.19 bits per heavy atom. The number of likely N-dealkylation sites (N-methyl/N-ethyl adjacent to an activating group) is 1. The molecule has 2 aliphatic heterocycles. The summed E-state index contributed by atoms with van der Waals surface area (Å²) in [5.41, 5.74) is 0.732. The molecule has 1 saturated carbocycles. The number of rotatable bonds is 4. The number of nitrogens with zero attached hydrogens (tertiary/aromatic N) is 1. The number of ether oxygens (including phenoxy) is 3. The Balaban J connectivity index is 1.39. The van der Waals surface area contributed by atoms with Gasteiger partial charge in [0.1, 0.15) is 0 Å². The molecule has 142 valence electrons. The van der Waals surface area contributed by atoms with Gasteiger partial charge >= 0.3 is 6.03 Å². The highest BCUT2D eigenvalue weighted by Crippen LogP contribution is 2.46. The second-order valence-electron chi connectivity index (χ2n) is 7.44. The molecule has 26 heavy (non-hydrogen) atoms. The summed E-state index contributed by atoms with van der Waals surface area (Å²) in [6.07, 6.45) is 7.61. The van der Waals surface area contributed by atoms with Crippen molar-refractivity contribution in [1.29, 1.82) is 0 Å². The quantitative estimate of drug-likeness (QED) is 0.876. The summed E-state index contributed by atoms with van der Waals surface area (Å²) < 4.78 is 17.9. The highest BCUT2D eigenvalue weighted by atomic mass is 16.7. The number of hydrogen-bond donors (Lipinski definition) is 1. The fraction of sp³-hybridized carbons (Fsp3) is 0.650. The standard InChI is InChI=1S/C20H28N2O4/c1-2-22(14-16-7-6-12-24-16)19(23)21-15-8-9-17-18(13-15)26-20(25-17)10-4-3-5-11-20/h8-9,13,16H,2-7,10-12,14H2,1H3,(H,21,23). The molecule has 1 spiro atoms. The van der Waals surface area contributed by atoms with E-state index in [2.05, 4.69) is 5.32 Å². The monoisotopic (exact) mass is 360 g/mol. The molecule has 1 unspecified atom stereocenters. The first-order valence-corrected chi connectivity index (χ1v) is 9.87. The van der Waals surface area contributed by atoms with Gasteiger partial charge in [-0.05, 0) is 44.7 Å². The third-order valence-corrected chi connectivity index (χ3v) is 5.52. The molecule has 0 aromatic heterocycles. The zero-order chi connectivity index (χ0) is 18.0. The summed E-state index contributed by atoms with van der Waals surface area (Å²) in [6.45, 7) is 4.07. The number of fused-ring (bicyclic) bond motifs is 1. The van der Waals surface area contributed by atoms with Crippen molar-refractivity contribution < 1.29 is 19.0 Å². The van der Waals surface area contributed by atoms with E-state index in [1.54, 1.807) is 4.90 Å². The van der Waals surface area contributed by atoms with Gasteiger partial charge in [0.15, 0.2) is 11.5 Å². The minimum absolute atomic E-state index is 0.103. The average Bonchev–Trinajstić information content (AvgIpc) is 3.27. The van der Waals surface area contributed by atoms with Crippen LogP contribution in [0, 0.1) is 0 Å². The highest BCUT2D eigenvalue weighted by Gasteiger charge is 2.42. The number of nitrogens with one attached hydrogen (secondary N) is 1. The molecule has 6 heteroatoms. The van der Waals surface area contributed by atoms with Crippen LogP contribution >= 0.6 is 0 Å². The third-order valence-electron chi connectivity index (χ3n) is 5.52. The van der Waals surface area contributed by atoms with Crippen molar-refractivity contribution in [3.8, 4) is 11.5 Å². The van der Waals surface area contributed by atoms with Crippen LogP contribution in [0.3, 0.4) is 0 Å². The molecule has 1 aromatic carbocycles. The third kappa shape index (κ3) is 3.61. The first kappa shape index (κ1) is 17.5. The molecule has 0 radical (unpaired) electrons. The maximum absolute atomic E-state index is 12.6. The fourth-order valence-corrected chi connectivity index (χ4v) is 4.06. The van der Waals surface area contributed by atoms with Gasteiger partial charge in [-0.2, -0.15) is 0 Å². The lowest BCUT2D eigenvalue weighted by Gasteiger charge is -2.31. The average molecular weight is 360 g/mol. The van der Waals surface area contributed by atoms with Crippen LogP contribution in [0.5, 0.6) is 11.5 Å². The van der Waals surface area contributed by atoms with Crippen LogP contribution in [-0.4, -0.2) is 42.5 Å². The molecule has 1 saturated heterocycles. The van der Waals surface area contributed by atoms with Crippen molar-refractivity contribution in [2.45, 2.75) is 63.8 Å². The van der Waals surface area contributed by atoms with Crippen LogP contribution < -0.4 is 14.8 Å². The SMILES string of the molecule is CCN(CC1CCCO1)C(=O)Nc1ccc2c(c1)OC1(CCCCC1)O2. The molecule has 0 bridgehead atoms. The summed E-state index contributed by atoms with van der Waals surface area (Å²) in [5, 5.41) is 2.98. The van der Waals surface area contributed by atoms with Crippen molar-refractivity contribution in [3.05, 3.63) is 18.2 Å². The van der Waals surface area contributed by atoms with Gasteiger partial charge in [-0.15, -0.1) is 0 Å². The Labute approximate surface area is 154 Å². The van der Waals surface area contributed by atoms with Crippen molar-refractivity contribution in [3.63, 3.8) is 0 Å². The van der Waals surface area contributed by atoms with E-state index in [0.717, 1.165) is 62.3 Å². The second kappa shape index (κ2) is 7.35. The smallest absolute Gasteiger partial charge is 0.321 e. The molecule has 1 aliphatic carbocycles. The maximum Gasteiger partial charge on any atom is 0.321 e. The minimum atomic E-state index is -0.488. The molecule has 2 heterocycles. The molecule has 4 rings (SSSR count). The molecule has 2 fully saturated rings. The van der Waals surface area contributed by atoms with E-state index < -0.39 is 5.79 Å². The molecular weight excluding hydrogens is 332 g/mol. The van der Waals surface area contributed by atoms with Crippen molar-refractivity contribution in [1.82, 2.24) is 4.90 Å². The first-order valence-electron chi connectivity index (χ1n) is 9.87. The Hall–Kier alpha value is -1.95. The van der Waals surface area contributed by atoms with E-state index in [0.29, 0.717) is 13.1 Å². The fourth-order valence-electron chi connectivity index (χ4n) is 4.06. The Bertz CT molecular complexity index is 651. The van der Waals surface area contributed by atoms with Gasteiger partial charge in [0.05, 0.1) is 6.10 Å². The van der Waals surface area contributed by atoms with Crippen LogP contribution in [0.1, 0.15) is 51.9 Å². The summed E-state index contributed by atoms with van der Waals surface area (Å²) in [6, 6.07) is 5.54. The Morgan fingerprint density at radius 2 is 2.00 bits per heavy atom. The van der Waals surface area contributed by atoms with Gasteiger partial charge in [0.2, 0.25) is 0 Å². The van der Waals surface area contributed by atoms with Crippen molar-refractivity contribution in [2.75, 3.05) is 25.0 Å². The number of benzene rings is 1. The Morgan fingerprint density at radius 3 is 2.73 bits per heavy atom. The van der Waals surface area contributed by atoms with E-state index in [9.17, 15) is 4.79 Å². The lowest BCUT2D eigenvalue weighted by molar-refractivity contribution is -0.105. The van der Waals surface area contributed by atoms with E-state index in [1.165, 1.54) is 6.42 Å². The van der Waals surface area contributed by atoms with Crippen LogP contribution in [0.4, 0.5) is 10.5 Å². The normalized spacial score (nSPS) is 23.2. The number of urea groups is 1. The van der Waals surface area contributed by atoms with Crippen LogP contribution in [0.2, 0.25) is 0 Å². The second-order valence-corrected chi connectivity index (χ2v) is 7.44. The van der Waals surface area contributed by atoms with Crippen LogP contribution in [0.25, 0.3) is 0 Å². The highest BCUT2D eigenvalue weighted by molar-refractivity contribution is 5.89. The molecular formula is C20H28N2O4. The van der Waals surface area contributed by atoms with E-state index in [1.807, 2.05) is 25.1 Å². The van der Waals surface area contributed by atoms with Gasteiger partial charge < -0.3 is 24.4 Å². The van der Waals surface area contributed by atoms with E-state index in [4.69, 9.17) is 14.2 Å². The summed E-state index contributed by atoms with van der Waals surface area (Å²) in [5.74, 6) is 1.02. The lowest BCUT2D eigenvalue weighted by Crippen LogP contribution is -2.40. The van der Waals surface area contributed by atoms with E-state index in [-0.39, 0.29) is 12.1 Å². The molecule has 1 atom stereocenters. The topological polar surface area (TPSA) is 60.0 Å². The van der Waals surface area contributed by atoms with Crippen LogP contribution in [0.15, 0.2) is 18.2 Å². The Kier molecular flexibility index (Phi) is 4.94. The predicted octanol–water partition coefficient (Wildman–Crippen LogP) is 4.15. The number of amides is 2. The van der Waals surface area contributed by atoms with Gasteiger partial charge in [-0.25, -0.2) is 4.79 Å². The summed E-state index contributed by atoms with van der Waals surface area (Å²) >= 11 is 0. The zero-order valence-electron chi connectivity index (χ0n) is 15.5. The van der Waals surface area contributed by atoms with Gasteiger partial charge in [-0.3, -0.25) is 0 Å². The maximum atomic E-state index is 12.6. The summed E-state index contributed by atoms with van der Waals surface area (Å²) in [7, 11) is 0. The predicted molar refractivity (Wildman–Crippen MR) is 98.8 cm³/mol. The number of hydrogen-bond acceptors (Lipinski definition) is 4. The van der Waals surface area contributed by atoms with Gasteiger partial charge in [-0.1, -0.05) is 6.42 Å². The van der Waals surface area contributed by atoms with Gasteiger partial charge in [0.25, 0.3) is 5.79 Å². The van der Waals surface area contributed by atoms with Crippen LogP contribution in [-0.2, 0) is 4.74 Å². The number of carbonyl (C=O) groups is 1. The summed E-state index contributed by atoms with van der Waals surface area (Å²) in [4.78, 5) is 14.4. The molecule has 1 N–H and O–H groups in total. The minimum Gasteiger partial charge on any atom is -0.448 e. The lowest BCUT2D eigenvalue weighted by atomic mass is 9.94. The number of carbonyl (C=O) groups excluding carboxylic acids is 1. The molecule has 1 aromatic rings. The molecule has 6 nitrogen and oxygen atoms in total.